The zero-order valence-corrected chi connectivity index (χ0v) is 19.3. The summed E-state index contributed by atoms with van der Waals surface area (Å²) in [4.78, 5) is 30.6. The van der Waals surface area contributed by atoms with Crippen LogP contribution in [0.15, 0.2) is 54.7 Å². The van der Waals surface area contributed by atoms with Crippen molar-refractivity contribution in [3.8, 4) is 11.3 Å². The van der Waals surface area contributed by atoms with Gasteiger partial charge >= 0.3 is 5.97 Å². The van der Waals surface area contributed by atoms with Crippen molar-refractivity contribution in [3.63, 3.8) is 0 Å². The monoisotopic (exact) mass is 489 g/mol. The van der Waals surface area contributed by atoms with Crippen molar-refractivity contribution in [2.24, 2.45) is 0 Å². The molecule has 0 aliphatic carbocycles. The zero-order valence-electron chi connectivity index (χ0n) is 19.3. The number of hydrogen-bond acceptors (Lipinski definition) is 4. The average molecular weight is 490 g/mol. The van der Waals surface area contributed by atoms with Crippen molar-refractivity contribution in [3.05, 3.63) is 83.2 Å². The summed E-state index contributed by atoms with van der Waals surface area (Å²) in [5, 5.41) is 13.3. The molecule has 1 N–H and O–H groups in total. The van der Waals surface area contributed by atoms with Crippen LogP contribution in [0.5, 0.6) is 0 Å². The average Bonchev–Trinajstić information content (AvgIpc) is 3.49. The molecule has 4 aromatic rings. The van der Waals surface area contributed by atoms with Gasteiger partial charge in [0.05, 0.1) is 11.7 Å². The lowest BCUT2D eigenvalue weighted by molar-refractivity contribution is -0.131. The van der Waals surface area contributed by atoms with Crippen molar-refractivity contribution in [1.82, 2.24) is 24.1 Å². The van der Waals surface area contributed by atoms with Gasteiger partial charge < -0.3 is 14.6 Å². The summed E-state index contributed by atoms with van der Waals surface area (Å²) >= 11 is 0. The molecule has 0 fully saturated rings. The summed E-state index contributed by atoms with van der Waals surface area (Å²) in [7, 11) is 0. The lowest BCUT2D eigenvalue weighted by atomic mass is 10.1. The van der Waals surface area contributed by atoms with Gasteiger partial charge in [-0.15, -0.1) is 0 Å². The number of carboxylic acids is 1. The zero-order chi connectivity index (χ0) is 24.7. The maximum absolute atomic E-state index is 14.8. The van der Waals surface area contributed by atoms with Gasteiger partial charge in [-0.3, -0.25) is 4.79 Å². The topological polar surface area (TPSA) is 92.7 Å². The van der Waals surface area contributed by atoms with Crippen LogP contribution >= 0.6 is 0 Å². The van der Waals surface area contributed by atoms with Crippen LogP contribution < -0.4 is 0 Å². The number of fused-ring (bicyclic) bond motifs is 2. The van der Waals surface area contributed by atoms with Crippen LogP contribution in [0.1, 0.15) is 54.8 Å². The summed E-state index contributed by atoms with van der Waals surface area (Å²) in [6.45, 7) is 5.30. The number of rotatable bonds is 5. The molecule has 186 valence electrons. The Kier molecular flexibility index (Phi) is 6.74. The minimum atomic E-state index is -1.11. The van der Waals surface area contributed by atoms with E-state index in [1.807, 2.05) is 37.1 Å². The smallest absolute Gasteiger partial charge is 0.328 e. The van der Waals surface area contributed by atoms with Crippen LogP contribution in [0.4, 0.5) is 4.39 Å². The number of hydrogen-bond donors (Lipinski definition) is 1. The van der Waals surface area contributed by atoms with Crippen LogP contribution in [-0.4, -0.2) is 47.6 Å². The molecule has 0 bridgehead atoms. The maximum Gasteiger partial charge on any atom is 0.328 e. The standard InChI is InChI=1S/C26H24FN5O3.CH4/c1-3-18-14-22(26(35)31-12-11-30-10-4-5-23(30)16(31)2)28-24-15-21(29-32(18)24)19-8-6-17(13-20(19)27)7-9-25(33)34;/h4-10,13-16H,3,11-12H2,1-2H3,(H,33,34);1H4/b9-7+;. The first-order valence-electron chi connectivity index (χ1n) is 11.4. The minimum absolute atomic E-state index is 0. The van der Waals surface area contributed by atoms with E-state index in [9.17, 15) is 14.0 Å². The molecule has 1 atom stereocenters. The van der Waals surface area contributed by atoms with E-state index < -0.39 is 11.8 Å². The summed E-state index contributed by atoms with van der Waals surface area (Å²) in [5.41, 5.74) is 3.76. The minimum Gasteiger partial charge on any atom is -0.478 e. The Morgan fingerprint density at radius 2 is 2.00 bits per heavy atom. The van der Waals surface area contributed by atoms with Gasteiger partial charge in [0.2, 0.25) is 0 Å². The van der Waals surface area contributed by atoms with E-state index in [4.69, 9.17) is 5.11 Å². The van der Waals surface area contributed by atoms with E-state index in [0.717, 1.165) is 24.0 Å². The highest BCUT2D eigenvalue weighted by Crippen LogP contribution is 2.28. The van der Waals surface area contributed by atoms with Gasteiger partial charge in [0.15, 0.2) is 5.65 Å². The van der Waals surface area contributed by atoms with Crippen LogP contribution in [0.2, 0.25) is 0 Å². The fraction of sp³-hybridized carbons (Fsp3) is 0.259. The van der Waals surface area contributed by atoms with Crippen molar-refractivity contribution >= 4 is 23.6 Å². The number of carbonyl (C=O) groups is 2. The van der Waals surface area contributed by atoms with Gasteiger partial charge in [0.1, 0.15) is 11.5 Å². The summed E-state index contributed by atoms with van der Waals surface area (Å²) in [6.07, 6.45) is 4.91. The van der Waals surface area contributed by atoms with Gasteiger partial charge in [-0.05, 0) is 55.3 Å². The second-order valence-corrected chi connectivity index (χ2v) is 8.50. The Morgan fingerprint density at radius 3 is 2.72 bits per heavy atom. The molecule has 9 heteroatoms. The SMILES string of the molecule is C.CCc1cc(C(=O)N2CCn3cccc3C2C)nc2cc(-c3ccc(/C=C/C(=O)O)cc3F)nn12. The molecule has 0 radical (unpaired) electrons. The highest BCUT2D eigenvalue weighted by molar-refractivity contribution is 5.93. The number of halogens is 1. The molecule has 1 aliphatic heterocycles. The third kappa shape index (κ3) is 4.39. The molecule has 1 aliphatic rings. The largest absolute Gasteiger partial charge is 0.478 e. The van der Waals surface area contributed by atoms with Gasteiger partial charge in [-0.1, -0.05) is 20.4 Å². The Hall–Kier alpha value is -4.27. The fourth-order valence-corrected chi connectivity index (χ4v) is 4.54. The van der Waals surface area contributed by atoms with Crippen molar-refractivity contribution in [2.45, 2.75) is 40.3 Å². The lowest BCUT2D eigenvalue weighted by Gasteiger charge is -2.34. The molecule has 36 heavy (non-hydrogen) atoms. The van der Waals surface area contributed by atoms with E-state index in [0.29, 0.717) is 35.6 Å². The van der Waals surface area contributed by atoms with E-state index in [1.165, 1.54) is 12.1 Å². The van der Waals surface area contributed by atoms with E-state index >= 15 is 0 Å². The summed E-state index contributed by atoms with van der Waals surface area (Å²) in [5.74, 6) is -1.78. The number of carbonyl (C=O) groups excluding carboxylic acids is 1. The highest BCUT2D eigenvalue weighted by atomic mass is 19.1. The van der Waals surface area contributed by atoms with Crippen molar-refractivity contribution in [2.75, 3.05) is 6.54 Å². The molecule has 1 aromatic carbocycles. The number of aliphatic carboxylic acids is 1. The molecular weight excluding hydrogens is 461 g/mol. The molecule has 5 rings (SSSR count). The van der Waals surface area contributed by atoms with Gasteiger partial charge in [-0.2, -0.15) is 5.10 Å². The number of aryl methyl sites for hydroxylation is 1. The molecule has 3 aromatic heterocycles. The second kappa shape index (κ2) is 9.77. The third-order valence-corrected chi connectivity index (χ3v) is 6.37. The molecule has 8 nitrogen and oxygen atoms in total. The van der Waals surface area contributed by atoms with E-state index in [2.05, 4.69) is 14.6 Å². The normalized spacial score (nSPS) is 15.2. The van der Waals surface area contributed by atoms with E-state index in [1.54, 1.807) is 28.8 Å². The first-order valence-corrected chi connectivity index (χ1v) is 11.4. The number of aromatic nitrogens is 4. The summed E-state index contributed by atoms with van der Waals surface area (Å²) in [6, 6.07) is 11.8. The van der Waals surface area contributed by atoms with Crippen molar-refractivity contribution < 1.29 is 19.1 Å². The molecule has 0 saturated heterocycles. The van der Waals surface area contributed by atoms with Crippen LogP contribution in [0, 0.1) is 5.82 Å². The predicted molar refractivity (Wildman–Crippen MR) is 135 cm³/mol. The Morgan fingerprint density at radius 1 is 1.19 bits per heavy atom. The van der Waals surface area contributed by atoms with Crippen molar-refractivity contribution in [1.29, 1.82) is 0 Å². The molecule has 4 heterocycles. The van der Waals surface area contributed by atoms with Gasteiger partial charge in [0, 0.05) is 48.4 Å². The quantitative estimate of drug-likeness (QED) is 0.405. The third-order valence-electron chi connectivity index (χ3n) is 6.37. The number of amides is 1. The number of carboxylic acid groups (broad SMARTS) is 1. The van der Waals surface area contributed by atoms with Crippen LogP contribution in [0.3, 0.4) is 0 Å². The molecule has 1 amide bonds. The fourth-order valence-electron chi connectivity index (χ4n) is 4.54. The molecular formula is C27H28FN5O3. The van der Waals surface area contributed by atoms with E-state index in [-0.39, 0.29) is 24.9 Å². The van der Waals surface area contributed by atoms with Gasteiger partial charge in [-0.25, -0.2) is 18.7 Å². The number of nitrogens with zero attached hydrogens (tertiary/aromatic N) is 5. The van der Waals surface area contributed by atoms with Crippen LogP contribution in [-0.2, 0) is 17.8 Å². The van der Waals surface area contributed by atoms with Gasteiger partial charge in [0.25, 0.3) is 5.91 Å². The Balaban J connectivity index is 0.00000304. The number of benzene rings is 1. The molecule has 1 unspecified atom stereocenters. The lowest BCUT2D eigenvalue weighted by Crippen LogP contribution is -2.41. The molecule has 0 spiro atoms. The second-order valence-electron chi connectivity index (χ2n) is 8.50. The molecule has 0 saturated carbocycles. The van der Waals surface area contributed by atoms with Crippen LogP contribution in [0.25, 0.3) is 23.0 Å². The Labute approximate surface area is 208 Å². The summed E-state index contributed by atoms with van der Waals surface area (Å²) < 4.78 is 18.6. The first-order chi connectivity index (χ1) is 16.9. The Bertz CT molecular complexity index is 1490. The maximum atomic E-state index is 14.8. The first kappa shape index (κ1) is 24.8. The highest BCUT2D eigenvalue weighted by Gasteiger charge is 2.29. The predicted octanol–water partition coefficient (Wildman–Crippen LogP) is 4.85.